The molecule has 164 valence electrons. The predicted molar refractivity (Wildman–Crippen MR) is 111 cm³/mol. The van der Waals surface area contributed by atoms with Crippen LogP contribution in [0.5, 0.6) is 0 Å². The molecule has 2 rings (SSSR count). The van der Waals surface area contributed by atoms with Gasteiger partial charge in [-0.3, -0.25) is 9.63 Å². The number of benzene rings is 1. The smallest absolute Gasteiger partial charge is 0.404 e. The maximum absolute atomic E-state index is 13.0. The number of rotatable bonds is 9. The molecule has 1 aromatic rings. The van der Waals surface area contributed by atoms with Crippen molar-refractivity contribution in [2.45, 2.75) is 24.7 Å². The highest BCUT2D eigenvalue weighted by molar-refractivity contribution is 7.89. The third-order valence-corrected chi connectivity index (χ3v) is 5.51. The predicted octanol–water partition coefficient (Wildman–Crippen LogP) is 0.808. The quantitative estimate of drug-likeness (QED) is 0.327. The number of nitrogens with one attached hydrogen (secondary N) is 2. The number of nitrogens with two attached hydrogens (primary N) is 1. The number of carbonyl (C=O) groups excluding carboxylic acids is 1. The van der Waals surface area contributed by atoms with Gasteiger partial charge in [-0.2, -0.15) is 0 Å². The number of aliphatic imine (C=N–C) groups is 1. The average Bonchev–Trinajstić information content (AvgIpc) is 2.86. The zero-order valence-electron chi connectivity index (χ0n) is 16.7. The minimum Gasteiger partial charge on any atom is -0.465 e. The summed E-state index contributed by atoms with van der Waals surface area (Å²) in [5.41, 5.74) is 7.15. The van der Waals surface area contributed by atoms with Gasteiger partial charge in [-0.1, -0.05) is 13.0 Å². The zero-order valence-corrected chi connectivity index (χ0v) is 17.5. The fraction of sp³-hybridized carbons (Fsp3) is 0.389. The molecule has 12 heteroatoms. The molecular weight excluding hydrogens is 414 g/mol. The molecule has 0 spiro atoms. The van der Waals surface area contributed by atoms with Crippen molar-refractivity contribution in [1.82, 2.24) is 15.1 Å². The molecule has 1 heterocycles. The third kappa shape index (κ3) is 6.02. The van der Waals surface area contributed by atoms with Crippen LogP contribution in [0, 0.1) is 0 Å². The Labute approximate surface area is 174 Å². The molecule has 0 bridgehead atoms. The normalized spacial score (nSPS) is 13.5. The lowest BCUT2D eigenvalue weighted by Crippen LogP contribution is -2.36. The van der Waals surface area contributed by atoms with Crippen LogP contribution in [-0.4, -0.2) is 63.2 Å². The summed E-state index contributed by atoms with van der Waals surface area (Å²) in [4.78, 5) is 33.2. The molecule has 11 nitrogen and oxygen atoms in total. The second kappa shape index (κ2) is 10.2. The molecule has 0 fully saturated rings. The van der Waals surface area contributed by atoms with Crippen LogP contribution in [0.25, 0.3) is 6.08 Å². The van der Waals surface area contributed by atoms with E-state index in [0.29, 0.717) is 29.8 Å². The summed E-state index contributed by atoms with van der Waals surface area (Å²) in [5.74, 6) is -0.276. The number of fused-ring (bicyclic) bond motifs is 1. The van der Waals surface area contributed by atoms with E-state index in [2.05, 4.69) is 15.0 Å². The van der Waals surface area contributed by atoms with Gasteiger partial charge >= 0.3 is 6.09 Å². The van der Waals surface area contributed by atoms with Gasteiger partial charge in [0.1, 0.15) is 5.84 Å². The van der Waals surface area contributed by atoms with Crippen molar-refractivity contribution in [1.29, 1.82) is 0 Å². The SMILES string of the molecule is CCCN(OCCNC(=O)O)C(=O)C1=Cc2ccc(S(=O)(=O)NC)cc2N=C(N)C1. The fourth-order valence-corrected chi connectivity index (χ4v) is 3.44. The van der Waals surface area contributed by atoms with Crippen molar-refractivity contribution in [3.05, 3.63) is 29.3 Å². The van der Waals surface area contributed by atoms with E-state index in [1.807, 2.05) is 6.92 Å². The van der Waals surface area contributed by atoms with Crippen LogP contribution in [0.2, 0.25) is 0 Å². The van der Waals surface area contributed by atoms with Crippen LogP contribution in [-0.2, 0) is 19.7 Å². The number of carboxylic acid groups (broad SMARTS) is 1. The maximum atomic E-state index is 13.0. The van der Waals surface area contributed by atoms with E-state index in [1.165, 1.54) is 19.2 Å². The van der Waals surface area contributed by atoms with Crippen LogP contribution < -0.4 is 15.8 Å². The van der Waals surface area contributed by atoms with Crippen molar-refractivity contribution in [2.75, 3.05) is 26.7 Å². The largest absolute Gasteiger partial charge is 0.465 e. The number of amides is 2. The first-order valence-electron chi connectivity index (χ1n) is 9.20. The highest BCUT2D eigenvalue weighted by atomic mass is 32.2. The van der Waals surface area contributed by atoms with Crippen LogP contribution in [0.1, 0.15) is 25.3 Å². The highest BCUT2D eigenvalue weighted by Gasteiger charge is 2.23. The number of hydroxylamine groups is 2. The van der Waals surface area contributed by atoms with E-state index < -0.39 is 22.0 Å². The van der Waals surface area contributed by atoms with Crippen molar-refractivity contribution >= 4 is 39.6 Å². The topological polar surface area (TPSA) is 163 Å². The van der Waals surface area contributed by atoms with E-state index in [0.717, 1.165) is 5.06 Å². The van der Waals surface area contributed by atoms with E-state index in [9.17, 15) is 18.0 Å². The Morgan fingerprint density at radius 3 is 2.73 bits per heavy atom. The molecule has 1 aliphatic rings. The summed E-state index contributed by atoms with van der Waals surface area (Å²) in [7, 11) is -2.35. The van der Waals surface area contributed by atoms with Gasteiger partial charge in [-0.05, 0) is 31.7 Å². The highest BCUT2D eigenvalue weighted by Crippen LogP contribution is 2.29. The summed E-state index contributed by atoms with van der Waals surface area (Å²) in [5, 5.41) is 11.9. The monoisotopic (exact) mass is 439 g/mol. The summed E-state index contributed by atoms with van der Waals surface area (Å²) in [6.45, 7) is 2.18. The number of carbonyl (C=O) groups is 2. The Kier molecular flexibility index (Phi) is 7.92. The second-order valence-corrected chi connectivity index (χ2v) is 8.24. The van der Waals surface area contributed by atoms with E-state index in [4.69, 9.17) is 15.7 Å². The van der Waals surface area contributed by atoms with Crippen molar-refractivity contribution in [2.24, 2.45) is 10.7 Å². The lowest BCUT2D eigenvalue weighted by molar-refractivity contribution is -0.181. The summed E-state index contributed by atoms with van der Waals surface area (Å²) in [6, 6.07) is 4.35. The minimum atomic E-state index is -3.65. The van der Waals surface area contributed by atoms with Crippen LogP contribution >= 0.6 is 0 Å². The fourth-order valence-electron chi connectivity index (χ4n) is 2.69. The number of nitrogens with zero attached hydrogens (tertiary/aromatic N) is 2. The Balaban J connectivity index is 2.29. The van der Waals surface area contributed by atoms with Crippen LogP contribution in [0.15, 0.2) is 33.7 Å². The van der Waals surface area contributed by atoms with Crippen molar-refractivity contribution < 1.29 is 28.0 Å². The Bertz CT molecular complexity index is 973. The lowest BCUT2D eigenvalue weighted by Gasteiger charge is -2.22. The second-order valence-electron chi connectivity index (χ2n) is 6.35. The first-order chi connectivity index (χ1) is 14.2. The first kappa shape index (κ1) is 23.3. The minimum absolute atomic E-state index is 0.0171. The van der Waals surface area contributed by atoms with E-state index in [-0.39, 0.29) is 30.3 Å². The molecule has 5 N–H and O–H groups in total. The Morgan fingerprint density at radius 1 is 1.37 bits per heavy atom. The van der Waals surface area contributed by atoms with Gasteiger partial charge in [0.15, 0.2) is 0 Å². The first-order valence-corrected chi connectivity index (χ1v) is 10.7. The summed E-state index contributed by atoms with van der Waals surface area (Å²) < 4.78 is 26.3. The molecule has 0 radical (unpaired) electrons. The van der Waals surface area contributed by atoms with Gasteiger partial charge in [0, 0.05) is 30.6 Å². The molecule has 1 aliphatic heterocycles. The molecule has 0 aliphatic carbocycles. The van der Waals surface area contributed by atoms with Gasteiger partial charge in [0.25, 0.3) is 5.91 Å². The van der Waals surface area contributed by atoms with Crippen molar-refractivity contribution in [3.63, 3.8) is 0 Å². The molecular formula is C18H25N5O6S. The molecule has 2 amide bonds. The lowest BCUT2D eigenvalue weighted by atomic mass is 10.1. The van der Waals surface area contributed by atoms with E-state index in [1.54, 1.807) is 12.1 Å². The standard InChI is InChI=1S/C18H25N5O6S/c1-3-7-23(29-8-6-21-18(25)26)17(24)13-9-12-4-5-14(30(27,28)20-2)11-15(12)22-16(19)10-13/h4-5,9,11,20-21H,3,6-8,10H2,1-2H3,(H2,19,22)(H,25,26). The maximum Gasteiger partial charge on any atom is 0.404 e. The van der Waals surface area contributed by atoms with Gasteiger partial charge < -0.3 is 16.2 Å². The molecule has 0 aromatic heterocycles. The average molecular weight is 439 g/mol. The molecule has 30 heavy (non-hydrogen) atoms. The third-order valence-electron chi connectivity index (χ3n) is 4.10. The summed E-state index contributed by atoms with van der Waals surface area (Å²) >= 11 is 0. The molecule has 0 saturated heterocycles. The van der Waals surface area contributed by atoms with Crippen LogP contribution in [0.4, 0.5) is 10.5 Å². The zero-order chi connectivity index (χ0) is 22.3. The summed E-state index contributed by atoms with van der Waals surface area (Å²) in [6.07, 6.45) is 1.09. The molecule has 0 atom stereocenters. The van der Waals surface area contributed by atoms with Crippen molar-refractivity contribution in [3.8, 4) is 0 Å². The Hall–Kier alpha value is -2.96. The molecule has 0 unspecified atom stereocenters. The number of hydrogen-bond donors (Lipinski definition) is 4. The van der Waals surface area contributed by atoms with Gasteiger partial charge in [0.2, 0.25) is 10.0 Å². The van der Waals surface area contributed by atoms with Gasteiger partial charge in [0.05, 0.1) is 17.2 Å². The molecule has 0 saturated carbocycles. The van der Waals surface area contributed by atoms with Crippen LogP contribution in [0.3, 0.4) is 0 Å². The molecule has 1 aromatic carbocycles. The number of hydrogen-bond acceptors (Lipinski definition) is 7. The van der Waals surface area contributed by atoms with E-state index >= 15 is 0 Å². The van der Waals surface area contributed by atoms with Gasteiger partial charge in [-0.25, -0.2) is 28.0 Å². The number of sulfonamides is 1. The number of amidine groups is 1. The Morgan fingerprint density at radius 2 is 2.10 bits per heavy atom. The van der Waals surface area contributed by atoms with Gasteiger partial charge in [-0.15, -0.1) is 0 Å².